The number of nitrogens with zero attached hydrogens (tertiary/aromatic N) is 1. The number of carbonyl (C=O) groups excluding carboxylic acids is 1. The molecule has 0 aliphatic carbocycles. The normalized spacial score (nSPS) is 25.7. The van der Waals surface area contributed by atoms with Crippen LogP contribution < -0.4 is 5.32 Å². The summed E-state index contributed by atoms with van der Waals surface area (Å²) in [5.74, 6) is 0.708. The van der Waals surface area contributed by atoms with E-state index in [1.54, 1.807) is 6.07 Å². The van der Waals surface area contributed by atoms with Crippen molar-refractivity contribution >= 4 is 33.3 Å². The zero-order valence-electron chi connectivity index (χ0n) is 19.5. The molecule has 0 aromatic heterocycles. The summed E-state index contributed by atoms with van der Waals surface area (Å²) in [4.78, 5) is 14.8. The van der Waals surface area contributed by atoms with Gasteiger partial charge in [0.15, 0.2) is 0 Å². The summed E-state index contributed by atoms with van der Waals surface area (Å²) < 4.78 is 39.7. The third-order valence-electron chi connectivity index (χ3n) is 6.82. The van der Waals surface area contributed by atoms with Gasteiger partial charge in [0.2, 0.25) is 0 Å². The fourth-order valence-electron chi connectivity index (χ4n) is 4.96. The van der Waals surface area contributed by atoms with Gasteiger partial charge in [0.05, 0.1) is 17.0 Å². The summed E-state index contributed by atoms with van der Waals surface area (Å²) >= 11 is 0. The quantitative estimate of drug-likeness (QED) is 0.511. The summed E-state index contributed by atoms with van der Waals surface area (Å²) in [6, 6.07) is 12.7. The van der Waals surface area contributed by atoms with Crippen LogP contribution in [-0.4, -0.2) is 50.1 Å². The van der Waals surface area contributed by atoms with Crippen LogP contribution >= 0.6 is 10.6 Å². The van der Waals surface area contributed by atoms with Gasteiger partial charge < -0.3 is 10.1 Å². The maximum absolute atomic E-state index is 13.6. The number of ether oxygens (including phenoxy) is 1. The first-order chi connectivity index (χ1) is 16.0. The first-order valence-corrected chi connectivity index (χ1v) is 13.2. The van der Waals surface area contributed by atoms with Crippen LogP contribution in [0.15, 0.2) is 54.3 Å². The highest BCUT2D eigenvalue weighted by molar-refractivity contribution is 8.24. The molecule has 8 heteroatoms. The number of rotatable bonds is 4. The van der Waals surface area contributed by atoms with E-state index in [0.717, 1.165) is 29.7 Å². The summed E-state index contributed by atoms with van der Waals surface area (Å²) in [5.41, 5.74) is 3.96. The highest BCUT2D eigenvalue weighted by Gasteiger charge is 2.38. The van der Waals surface area contributed by atoms with Crippen molar-refractivity contribution in [2.45, 2.75) is 38.5 Å². The molecule has 1 atom stereocenters. The fraction of sp³-hybridized carbons (Fsp3) is 0.346. The molecule has 2 aromatic carbocycles. The molecule has 1 amide bonds. The monoisotopic (exact) mass is 484 g/mol. The third-order valence-corrected chi connectivity index (χ3v) is 8.63. The second-order valence-corrected chi connectivity index (χ2v) is 12.1. The van der Waals surface area contributed by atoms with E-state index in [0.29, 0.717) is 34.1 Å². The predicted octanol–water partition coefficient (Wildman–Crippen LogP) is 5.34. The number of anilines is 1. The summed E-state index contributed by atoms with van der Waals surface area (Å²) in [6.07, 6.45) is 2.70. The van der Waals surface area contributed by atoms with E-state index in [4.69, 9.17) is 4.74 Å². The van der Waals surface area contributed by atoms with Gasteiger partial charge >= 0.3 is 0 Å². The highest BCUT2D eigenvalue weighted by atomic mass is 32.3. The number of amides is 1. The number of nitrogens with one attached hydrogen (secondary N) is 1. The van der Waals surface area contributed by atoms with Crippen LogP contribution in [0.5, 0.6) is 0 Å². The Hall–Kier alpha value is -2.65. The van der Waals surface area contributed by atoms with Crippen molar-refractivity contribution in [1.82, 2.24) is 4.90 Å². The molecule has 0 saturated carbocycles. The van der Waals surface area contributed by atoms with Gasteiger partial charge in [-0.25, -0.2) is 4.39 Å². The maximum Gasteiger partial charge on any atom is 0.260 e. The molecule has 1 unspecified atom stereocenters. The SMILES string of the molecule is CN(Cc1ccc(C2=CC(=C3C(=O)Nc4cc(F)ccc43)OC2(C)C)cc1)C1CCS(O)(O)C1. The summed E-state index contributed by atoms with van der Waals surface area (Å²) in [5, 5.41) is 2.72. The summed E-state index contributed by atoms with van der Waals surface area (Å²) in [6.45, 7) is 4.65. The van der Waals surface area contributed by atoms with E-state index >= 15 is 0 Å². The van der Waals surface area contributed by atoms with Crippen molar-refractivity contribution in [3.63, 3.8) is 0 Å². The molecule has 5 rings (SSSR count). The van der Waals surface area contributed by atoms with Gasteiger partial charge in [-0.15, -0.1) is 0 Å². The average molecular weight is 485 g/mol. The van der Waals surface area contributed by atoms with E-state index in [1.165, 1.54) is 12.1 Å². The standard InChI is InChI=1S/C26H29FN2O4S/c1-26(2)21(13-23(33-26)24-20-9-8-18(27)12-22(20)28-25(24)30)17-6-4-16(5-7-17)14-29(3)19-10-11-34(31,32)15-19/h4-9,12-13,19,31-32H,10-11,14-15H2,1-3H3,(H,28,30). The molecule has 0 spiro atoms. The molecule has 3 aliphatic heterocycles. The van der Waals surface area contributed by atoms with Crippen molar-refractivity contribution in [3.05, 3.63) is 76.8 Å². The number of hydrogen-bond acceptors (Lipinski definition) is 5. The Bertz CT molecular complexity index is 1220. The minimum atomic E-state index is -2.41. The van der Waals surface area contributed by atoms with Crippen LogP contribution in [-0.2, 0) is 16.1 Å². The van der Waals surface area contributed by atoms with Crippen molar-refractivity contribution in [1.29, 1.82) is 0 Å². The molecule has 0 radical (unpaired) electrons. The lowest BCUT2D eigenvalue weighted by Gasteiger charge is -2.29. The van der Waals surface area contributed by atoms with Gasteiger partial charge in [-0.3, -0.25) is 18.8 Å². The van der Waals surface area contributed by atoms with E-state index in [-0.39, 0.29) is 11.9 Å². The molecule has 180 valence electrons. The molecular weight excluding hydrogens is 455 g/mol. The van der Waals surface area contributed by atoms with Crippen molar-refractivity contribution < 1.29 is 23.0 Å². The second-order valence-electron chi connectivity index (χ2n) is 9.78. The van der Waals surface area contributed by atoms with E-state index in [9.17, 15) is 18.3 Å². The molecule has 34 heavy (non-hydrogen) atoms. The predicted molar refractivity (Wildman–Crippen MR) is 134 cm³/mol. The van der Waals surface area contributed by atoms with Crippen molar-refractivity contribution in [3.8, 4) is 0 Å². The second kappa shape index (κ2) is 8.23. The average Bonchev–Trinajstić information content (AvgIpc) is 3.39. The number of allylic oxidation sites excluding steroid dienone is 1. The first-order valence-electron chi connectivity index (χ1n) is 11.3. The fourth-order valence-corrected chi connectivity index (χ4v) is 6.82. The lowest BCUT2D eigenvalue weighted by molar-refractivity contribution is -0.111. The van der Waals surface area contributed by atoms with Gasteiger partial charge in [-0.2, -0.15) is 10.6 Å². The van der Waals surface area contributed by atoms with Crippen LogP contribution in [0.25, 0.3) is 11.1 Å². The molecular formula is C26H29FN2O4S. The minimum Gasteiger partial charge on any atom is -0.482 e. The molecule has 3 heterocycles. The largest absolute Gasteiger partial charge is 0.482 e. The third kappa shape index (κ3) is 4.27. The Morgan fingerprint density at radius 3 is 2.62 bits per heavy atom. The Morgan fingerprint density at radius 2 is 1.94 bits per heavy atom. The van der Waals surface area contributed by atoms with Gasteiger partial charge in [-0.05, 0) is 62.7 Å². The summed E-state index contributed by atoms with van der Waals surface area (Å²) in [7, 11) is -0.396. The van der Waals surface area contributed by atoms with E-state index in [1.807, 2.05) is 39.1 Å². The van der Waals surface area contributed by atoms with Crippen LogP contribution in [0.2, 0.25) is 0 Å². The molecule has 2 aromatic rings. The van der Waals surface area contributed by atoms with Gasteiger partial charge in [0, 0.05) is 29.5 Å². The number of halogens is 1. The molecule has 1 saturated heterocycles. The topological polar surface area (TPSA) is 82.0 Å². The Balaban J connectivity index is 1.39. The minimum absolute atomic E-state index is 0.178. The molecule has 6 nitrogen and oxygen atoms in total. The van der Waals surface area contributed by atoms with Crippen LogP contribution in [0.3, 0.4) is 0 Å². The van der Waals surface area contributed by atoms with Gasteiger partial charge in [-0.1, -0.05) is 24.3 Å². The Labute approximate surface area is 200 Å². The number of hydrogen-bond donors (Lipinski definition) is 3. The molecule has 0 bridgehead atoms. The molecule has 3 N–H and O–H groups in total. The Morgan fingerprint density at radius 1 is 1.21 bits per heavy atom. The van der Waals surface area contributed by atoms with Crippen LogP contribution in [0, 0.1) is 5.82 Å². The van der Waals surface area contributed by atoms with Gasteiger partial charge in [0.1, 0.15) is 17.2 Å². The number of fused-ring (bicyclic) bond motifs is 1. The zero-order valence-corrected chi connectivity index (χ0v) is 20.3. The lowest BCUT2D eigenvalue weighted by atomic mass is 9.91. The Kier molecular flexibility index (Phi) is 5.60. The van der Waals surface area contributed by atoms with Gasteiger partial charge in [0.25, 0.3) is 5.91 Å². The number of benzene rings is 2. The first kappa shape index (κ1) is 23.1. The molecule has 1 fully saturated rings. The molecule has 3 aliphatic rings. The van der Waals surface area contributed by atoms with E-state index in [2.05, 4.69) is 22.3 Å². The van der Waals surface area contributed by atoms with Crippen molar-refractivity contribution in [2.75, 3.05) is 23.9 Å². The van der Waals surface area contributed by atoms with Crippen LogP contribution in [0.4, 0.5) is 10.1 Å². The number of carbonyl (C=O) groups is 1. The smallest absolute Gasteiger partial charge is 0.260 e. The highest BCUT2D eigenvalue weighted by Crippen LogP contribution is 2.47. The van der Waals surface area contributed by atoms with Crippen LogP contribution in [0.1, 0.15) is 37.0 Å². The van der Waals surface area contributed by atoms with E-state index < -0.39 is 22.0 Å². The lowest BCUT2D eigenvalue weighted by Crippen LogP contribution is -2.31. The van der Waals surface area contributed by atoms with Crippen molar-refractivity contribution in [2.24, 2.45) is 0 Å². The maximum atomic E-state index is 13.6. The zero-order chi connectivity index (χ0) is 24.3.